The van der Waals surface area contributed by atoms with E-state index >= 15 is 0 Å². The Morgan fingerprint density at radius 1 is 1.22 bits per heavy atom. The number of amides is 1. The molecule has 1 amide bonds. The van der Waals surface area contributed by atoms with Crippen molar-refractivity contribution in [3.8, 4) is 0 Å². The number of hydrogen-bond donors (Lipinski definition) is 1. The Morgan fingerprint density at radius 3 is 2.17 bits per heavy atom. The zero-order valence-corrected chi connectivity index (χ0v) is 11.9. The Kier molecular flexibility index (Phi) is 6.59. The number of allylic oxidation sites excluding steroid dienone is 1. The summed E-state index contributed by atoms with van der Waals surface area (Å²) in [6.07, 6.45) is 1.01. The molecule has 0 aromatic carbocycles. The van der Waals surface area contributed by atoms with Crippen molar-refractivity contribution in [2.75, 3.05) is 26.3 Å². The minimum absolute atomic E-state index is 0. The second-order valence-corrected chi connectivity index (χ2v) is 5.05. The van der Waals surface area contributed by atoms with Crippen LogP contribution in [0.15, 0.2) is 11.8 Å². The van der Waals surface area contributed by atoms with Crippen molar-refractivity contribution in [2.45, 2.75) is 20.8 Å². The molecule has 0 unspecified atom stereocenters. The summed E-state index contributed by atoms with van der Waals surface area (Å²) >= 11 is 0. The van der Waals surface area contributed by atoms with Gasteiger partial charge in [-0.1, -0.05) is 20.8 Å². The van der Waals surface area contributed by atoms with Gasteiger partial charge in [0.1, 0.15) is 5.76 Å². The van der Waals surface area contributed by atoms with Crippen molar-refractivity contribution in [1.29, 1.82) is 0 Å². The molecule has 1 fully saturated rings. The minimum atomic E-state index is -0.681. The van der Waals surface area contributed by atoms with E-state index in [-0.39, 0.29) is 22.5 Å². The van der Waals surface area contributed by atoms with Gasteiger partial charge in [-0.3, -0.25) is 9.59 Å². The van der Waals surface area contributed by atoms with Crippen LogP contribution in [0.2, 0.25) is 0 Å². The maximum atomic E-state index is 11.7. The zero-order chi connectivity index (χ0) is 13.1. The predicted octanol–water partition coefficient (Wildman–Crippen LogP) is 0.900. The van der Waals surface area contributed by atoms with E-state index in [4.69, 9.17) is 4.74 Å². The first-order valence-corrected chi connectivity index (χ1v) is 5.64. The summed E-state index contributed by atoms with van der Waals surface area (Å²) in [7, 11) is 0. The largest absolute Gasteiger partial charge is 0.512 e. The van der Waals surface area contributed by atoms with Gasteiger partial charge in [0.05, 0.1) is 13.2 Å². The molecule has 1 heterocycles. The normalized spacial score (nSPS) is 17.1. The number of aliphatic hydroxyl groups excluding tert-OH is 1. The number of ketones is 1. The Bertz CT molecular complexity index is 340. The second kappa shape index (κ2) is 6.91. The molecule has 0 bridgehead atoms. The molecule has 0 aromatic heterocycles. The topological polar surface area (TPSA) is 66.8 Å². The van der Waals surface area contributed by atoms with Crippen molar-refractivity contribution in [2.24, 2.45) is 5.41 Å². The Labute approximate surface area is 117 Å². The predicted molar refractivity (Wildman–Crippen MR) is 62.6 cm³/mol. The summed E-state index contributed by atoms with van der Waals surface area (Å²) in [5, 5.41) is 9.65. The van der Waals surface area contributed by atoms with Crippen molar-refractivity contribution in [3.05, 3.63) is 11.8 Å². The summed E-state index contributed by atoms with van der Waals surface area (Å²) in [4.78, 5) is 24.8. The molecule has 0 spiro atoms. The van der Waals surface area contributed by atoms with Crippen LogP contribution < -0.4 is 0 Å². The molecule has 18 heavy (non-hydrogen) atoms. The van der Waals surface area contributed by atoms with Crippen LogP contribution in [-0.4, -0.2) is 48.0 Å². The van der Waals surface area contributed by atoms with Crippen LogP contribution in [0.3, 0.4) is 0 Å². The van der Waals surface area contributed by atoms with Gasteiger partial charge in [0, 0.05) is 41.4 Å². The summed E-state index contributed by atoms with van der Waals surface area (Å²) < 4.78 is 5.09. The maximum Gasteiger partial charge on any atom is 0.294 e. The Balaban J connectivity index is 0.00000289. The molecule has 5 nitrogen and oxygen atoms in total. The van der Waals surface area contributed by atoms with Crippen molar-refractivity contribution < 1.29 is 36.2 Å². The van der Waals surface area contributed by atoms with E-state index in [1.54, 1.807) is 20.8 Å². The van der Waals surface area contributed by atoms with Crippen molar-refractivity contribution in [3.63, 3.8) is 0 Å². The first kappa shape index (κ1) is 17.1. The summed E-state index contributed by atoms with van der Waals surface area (Å²) in [6, 6.07) is 0. The molecular formula is C12H19CoNO4. The van der Waals surface area contributed by atoms with E-state index in [2.05, 4.69) is 0 Å². The number of carbonyl (C=O) groups is 2. The van der Waals surface area contributed by atoms with Crippen LogP contribution in [0.25, 0.3) is 0 Å². The van der Waals surface area contributed by atoms with Gasteiger partial charge in [0.25, 0.3) is 5.91 Å². The number of hydrogen-bond acceptors (Lipinski definition) is 4. The number of nitrogens with zero attached hydrogens (tertiary/aromatic N) is 1. The Morgan fingerprint density at radius 2 is 1.72 bits per heavy atom. The molecule has 0 aromatic rings. The van der Waals surface area contributed by atoms with Gasteiger partial charge in [-0.2, -0.15) is 0 Å². The number of ether oxygens (including phenoxy) is 1. The van der Waals surface area contributed by atoms with Gasteiger partial charge in [0.15, 0.2) is 0 Å². The van der Waals surface area contributed by atoms with E-state index in [0.29, 0.717) is 26.3 Å². The molecule has 0 atom stereocenters. The molecule has 6 heteroatoms. The van der Waals surface area contributed by atoms with Gasteiger partial charge >= 0.3 is 0 Å². The molecular weight excluding hydrogens is 281 g/mol. The molecule has 1 radical (unpaired) electrons. The zero-order valence-electron chi connectivity index (χ0n) is 10.9. The van der Waals surface area contributed by atoms with Gasteiger partial charge in [-0.15, -0.1) is 0 Å². The van der Waals surface area contributed by atoms with E-state index in [1.807, 2.05) is 0 Å². The molecule has 1 aliphatic heterocycles. The molecule has 105 valence electrons. The van der Waals surface area contributed by atoms with E-state index in [0.717, 1.165) is 6.08 Å². The fourth-order valence-corrected chi connectivity index (χ4v) is 1.32. The monoisotopic (exact) mass is 300 g/mol. The fraction of sp³-hybridized carbons (Fsp3) is 0.667. The first-order chi connectivity index (χ1) is 7.82. The van der Waals surface area contributed by atoms with Crippen LogP contribution in [0.4, 0.5) is 0 Å². The first-order valence-electron chi connectivity index (χ1n) is 5.64. The molecule has 1 N–H and O–H groups in total. The van der Waals surface area contributed by atoms with Crippen LogP contribution in [-0.2, 0) is 31.1 Å². The minimum Gasteiger partial charge on any atom is -0.512 e. The van der Waals surface area contributed by atoms with Crippen LogP contribution >= 0.6 is 0 Å². The molecule has 0 saturated carbocycles. The van der Waals surface area contributed by atoms with Crippen LogP contribution in [0.5, 0.6) is 0 Å². The molecule has 1 aliphatic rings. The molecule has 0 aliphatic carbocycles. The van der Waals surface area contributed by atoms with Gasteiger partial charge in [0.2, 0.25) is 5.78 Å². The summed E-state index contributed by atoms with van der Waals surface area (Å²) in [6.45, 7) is 7.06. The van der Waals surface area contributed by atoms with Gasteiger partial charge in [-0.25, -0.2) is 0 Å². The number of rotatable bonds is 2. The van der Waals surface area contributed by atoms with E-state index in [9.17, 15) is 14.7 Å². The Hall–Kier alpha value is -0.854. The fourth-order valence-electron chi connectivity index (χ4n) is 1.32. The number of aliphatic hydroxyl groups is 1. The third kappa shape index (κ3) is 4.79. The van der Waals surface area contributed by atoms with Gasteiger partial charge < -0.3 is 14.7 Å². The third-order valence-corrected chi connectivity index (χ3v) is 2.55. The maximum absolute atomic E-state index is 11.7. The molecule has 1 saturated heterocycles. The van der Waals surface area contributed by atoms with Gasteiger partial charge in [-0.05, 0) is 0 Å². The van der Waals surface area contributed by atoms with Crippen molar-refractivity contribution in [1.82, 2.24) is 4.90 Å². The van der Waals surface area contributed by atoms with Crippen molar-refractivity contribution >= 4 is 11.7 Å². The third-order valence-electron chi connectivity index (χ3n) is 2.55. The summed E-state index contributed by atoms with van der Waals surface area (Å²) in [5.41, 5.74) is -0.527. The molecule has 1 rings (SSSR count). The van der Waals surface area contributed by atoms with Crippen LogP contribution in [0, 0.1) is 5.41 Å². The van der Waals surface area contributed by atoms with E-state index in [1.165, 1.54) is 4.90 Å². The van der Waals surface area contributed by atoms with Crippen LogP contribution in [0.1, 0.15) is 20.8 Å². The SMILES string of the molecule is CC(C)(C)/C(O)=C/C(=O)C(=O)N1CCOCC1.[Co]. The average molecular weight is 300 g/mol. The summed E-state index contributed by atoms with van der Waals surface area (Å²) in [5.74, 6) is -1.34. The quantitative estimate of drug-likeness (QED) is 0.467. The average Bonchev–Trinajstić information content (AvgIpc) is 2.27. The number of carbonyl (C=O) groups excluding carboxylic acids is 2. The number of morpholine rings is 1. The second-order valence-electron chi connectivity index (χ2n) is 5.05. The van der Waals surface area contributed by atoms with E-state index < -0.39 is 17.1 Å². The smallest absolute Gasteiger partial charge is 0.294 e. The standard InChI is InChI=1S/C12H19NO4.Co/c1-12(2,3)10(15)8-9(14)11(16)13-4-6-17-7-5-13;/h8,15H,4-7H2,1-3H3;/b10-8-;.